The van der Waals surface area contributed by atoms with Gasteiger partial charge in [0.15, 0.2) is 0 Å². The Morgan fingerprint density at radius 1 is 0.949 bits per heavy atom. The van der Waals surface area contributed by atoms with Crippen molar-refractivity contribution in [1.29, 1.82) is 0 Å². The Balaban J connectivity index is 1.44. The number of carbonyl (C=O) groups is 1. The van der Waals surface area contributed by atoms with Crippen molar-refractivity contribution in [1.82, 2.24) is 13.9 Å². The zero-order valence-electron chi connectivity index (χ0n) is 22.0. The molecule has 0 unspecified atom stereocenters. The van der Waals surface area contributed by atoms with Crippen LogP contribution in [0.25, 0.3) is 16.9 Å². The molecule has 4 aromatic rings. The number of hydrogen-bond acceptors (Lipinski definition) is 6. The number of carbonyl (C=O) groups excluding carboxylic acids is 1. The molecule has 1 saturated carbocycles. The number of benzene rings is 3. The summed E-state index contributed by atoms with van der Waals surface area (Å²) in [5, 5.41) is 2.85. The van der Waals surface area contributed by atoms with Gasteiger partial charge >= 0.3 is 0 Å². The summed E-state index contributed by atoms with van der Waals surface area (Å²) in [5.74, 6) is 1.22. The lowest BCUT2D eigenvalue weighted by Gasteiger charge is -2.21. The van der Waals surface area contributed by atoms with E-state index in [2.05, 4.69) is 10.3 Å². The summed E-state index contributed by atoms with van der Waals surface area (Å²) < 4.78 is 40.4. The third-order valence-electron chi connectivity index (χ3n) is 6.57. The Morgan fingerprint density at radius 3 is 2.10 bits per heavy atom. The monoisotopic (exact) mass is 546 g/mol. The second-order valence-corrected chi connectivity index (χ2v) is 11.3. The number of nitrogens with one attached hydrogen (secondary N) is 1. The van der Waals surface area contributed by atoms with E-state index in [0.29, 0.717) is 11.4 Å². The van der Waals surface area contributed by atoms with Crippen molar-refractivity contribution in [2.24, 2.45) is 0 Å². The lowest BCUT2D eigenvalue weighted by atomic mass is 10.1. The number of aryl methyl sites for hydroxylation is 1. The Labute approximate surface area is 228 Å². The van der Waals surface area contributed by atoms with E-state index in [1.807, 2.05) is 61.7 Å². The molecule has 0 atom stereocenters. The minimum Gasteiger partial charge on any atom is -0.497 e. The number of rotatable bonds is 10. The lowest BCUT2D eigenvalue weighted by molar-refractivity contribution is -0.116. The highest BCUT2D eigenvalue weighted by Crippen LogP contribution is 2.32. The first-order valence-electron chi connectivity index (χ1n) is 12.5. The molecule has 0 bridgehead atoms. The van der Waals surface area contributed by atoms with E-state index in [1.54, 1.807) is 43.1 Å². The average molecular weight is 547 g/mol. The first-order chi connectivity index (χ1) is 18.8. The van der Waals surface area contributed by atoms with Gasteiger partial charge in [-0.3, -0.25) is 14.7 Å². The molecule has 5 rings (SSSR count). The van der Waals surface area contributed by atoms with Crippen molar-refractivity contribution in [3.8, 4) is 28.4 Å². The van der Waals surface area contributed by atoms with Crippen LogP contribution in [0.1, 0.15) is 18.4 Å². The van der Waals surface area contributed by atoms with Crippen LogP contribution < -0.4 is 14.8 Å². The summed E-state index contributed by atoms with van der Waals surface area (Å²) in [6.45, 7) is 1.59. The third kappa shape index (κ3) is 5.81. The second-order valence-electron chi connectivity index (χ2n) is 9.39. The number of amides is 1. The Morgan fingerprint density at radius 2 is 1.54 bits per heavy atom. The van der Waals surface area contributed by atoms with Gasteiger partial charge in [-0.2, -0.15) is 4.31 Å². The van der Waals surface area contributed by atoms with Gasteiger partial charge < -0.3 is 9.47 Å². The maximum Gasteiger partial charge on any atom is 0.243 e. The second kappa shape index (κ2) is 10.9. The van der Waals surface area contributed by atoms with Crippen LogP contribution in [-0.2, 0) is 14.8 Å². The minimum atomic E-state index is -3.84. The molecule has 1 N–H and O–H groups in total. The van der Waals surface area contributed by atoms with Crippen molar-refractivity contribution in [2.45, 2.75) is 30.7 Å². The molecule has 3 aromatic carbocycles. The van der Waals surface area contributed by atoms with Gasteiger partial charge in [0, 0.05) is 23.5 Å². The van der Waals surface area contributed by atoms with Gasteiger partial charge in [0.25, 0.3) is 0 Å². The van der Waals surface area contributed by atoms with E-state index in [4.69, 9.17) is 9.47 Å². The Kier molecular flexibility index (Phi) is 7.40. The number of aromatic nitrogens is 2. The first-order valence-corrected chi connectivity index (χ1v) is 14.0. The SMILES string of the molecule is COc1ccc(-c2cn(-c3ccc(OC)cc3)c(NC(=O)CN(C3CC3)S(=O)(=O)c3ccc(C)cc3)n2)cc1. The largest absolute Gasteiger partial charge is 0.497 e. The zero-order chi connectivity index (χ0) is 27.6. The third-order valence-corrected chi connectivity index (χ3v) is 8.49. The molecular weight excluding hydrogens is 516 g/mol. The number of anilines is 1. The van der Waals surface area contributed by atoms with E-state index in [-0.39, 0.29) is 23.4 Å². The van der Waals surface area contributed by atoms with Gasteiger partial charge in [-0.25, -0.2) is 13.4 Å². The van der Waals surface area contributed by atoms with Gasteiger partial charge in [0.1, 0.15) is 11.5 Å². The standard InChI is InChI=1S/C29H30N4O5S/c1-20-4-16-26(17-5-20)39(35,36)33(23-8-9-23)19-28(34)31-29-30-27(21-6-12-24(37-2)13-7-21)18-32(29)22-10-14-25(38-3)15-11-22/h4-7,10-18,23H,8-9,19H2,1-3H3,(H,30,31,34). The molecule has 1 aromatic heterocycles. The van der Waals surface area contributed by atoms with E-state index >= 15 is 0 Å². The fourth-order valence-electron chi connectivity index (χ4n) is 4.23. The fourth-order valence-corrected chi connectivity index (χ4v) is 5.87. The molecule has 1 fully saturated rings. The number of hydrogen-bond donors (Lipinski definition) is 1. The van der Waals surface area contributed by atoms with Crippen molar-refractivity contribution in [3.05, 3.63) is 84.6 Å². The van der Waals surface area contributed by atoms with Crippen LogP contribution in [0.5, 0.6) is 11.5 Å². The van der Waals surface area contributed by atoms with Crippen molar-refractivity contribution >= 4 is 21.9 Å². The van der Waals surface area contributed by atoms with Gasteiger partial charge in [-0.1, -0.05) is 17.7 Å². The summed E-state index contributed by atoms with van der Waals surface area (Å²) in [7, 11) is -0.641. The van der Waals surface area contributed by atoms with Crippen LogP contribution in [-0.4, -0.2) is 55.0 Å². The van der Waals surface area contributed by atoms with Gasteiger partial charge in [0.2, 0.25) is 21.9 Å². The topological polar surface area (TPSA) is 103 Å². The number of nitrogens with zero attached hydrogens (tertiary/aromatic N) is 3. The molecule has 202 valence electrons. The summed E-state index contributed by atoms with van der Waals surface area (Å²) in [6, 6.07) is 21.2. The minimum absolute atomic E-state index is 0.175. The first kappa shape index (κ1) is 26.5. The van der Waals surface area contributed by atoms with Gasteiger partial charge in [-0.05, 0) is 80.4 Å². The van der Waals surface area contributed by atoms with E-state index in [0.717, 1.165) is 35.4 Å². The average Bonchev–Trinajstić information content (AvgIpc) is 3.71. The predicted octanol–water partition coefficient (Wildman–Crippen LogP) is 4.66. The van der Waals surface area contributed by atoms with Crippen LogP contribution in [0, 0.1) is 6.92 Å². The lowest BCUT2D eigenvalue weighted by Crippen LogP contribution is -2.39. The van der Waals surface area contributed by atoms with Crippen molar-refractivity contribution in [2.75, 3.05) is 26.1 Å². The fraction of sp³-hybridized carbons (Fsp3) is 0.241. The van der Waals surface area contributed by atoms with Crippen LogP contribution in [0.15, 0.2) is 83.9 Å². The van der Waals surface area contributed by atoms with E-state index < -0.39 is 15.9 Å². The maximum atomic E-state index is 13.4. The molecule has 0 aliphatic heterocycles. The van der Waals surface area contributed by atoms with Crippen LogP contribution >= 0.6 is 0 Å². The molecule has 1 aliphatic rings. The van der Waals surface area contributed by atoms with Gasteiger partial charge in [0.05, 0.1) is 31.4 Å². The van der Waals surface area contributed by atoms with Crippen LogP contribution in [0.2, 0.25) is 0 Å². The normalized spacial score (nSPS) is 13.3. The predicted molar refractivity (Wildman–Crippen MR) is 149 cm³/mol. The number of methoxy groups -OCH3 is 2. The molecule has 0 radical (unpaired) electrons. The van der Waals surface area contributed by atoms with Crippen molar-refractivity contribution < 1.29 is 22.7 Å². The van der Waals surface area contributed by atoms with E-state index in [9.17, 15) is 13.2 Å². The highest BCUT2D eigenvalue weighted by atomic mass is 32.2. The summed E-state index contributed by atoms with van der Waals surface area (Å²) in [5.41, 5.74) is 3.18. The van der Waals surface area contributed by atoms with Crippen LogP contribution in [0.3, 0.4) is 0 Å². The molecule has 9 nitrogen and oxygen atoms in total. The summed E-state index contributed by atoms with van der Waals surface area (Å²) >= 11 is 0. The molecule has 39 heavy (non-hydrogen) atoms. The molecule has 10 heteroatoms. The Hall–Kier alpha value is -4.15. The highest BCUT2D eigenvalue weighted by Gasteiger charge is 2.39. The number of sulfonamides is 1. The molecule has 1 amide bonds. The Bertz CT molecular complexity index is 1560. The summed E-state index contributed by atoms with van der Waals surface area (Å²) in [4.78, 5) is 18.2. The smallest absolute Gasteiger partial charge is 0.243 e. The van der Waals surface area contributed by atoms with E-state index in [1.165, 1.54) is 4.31 Å². The molecule has 0 spiro atoms. The van der Waals surface area contributed by atoms with Gasteiger partial charge in [-0.15, -0.1) is 0 Å². The molecule has 0 saturated heterocycles. The van der Waals surface area contributed by atoms with Crippen molar-refractivity contribution in [3.63, 3.8) is 0 Å². The maximum absolute atomic E-state index is 13.4. The number of imidazole rings is 1. The zero-order valence-corrected chi connectivity index (χ0v) is 22.8. The molecule has 1 heterocycles. The number of ether oxygens (including phenoxy) is 2. The van der Waals surface area contributed by atoms with Crippen LogP contribution in [0.4, 0.5) is 5.95 Å². The quantitative estimate of drug-likeness (QED) is 0.311. The molecular formula is C29H30N4O5S. The molecule has 1 aliphatic carbocycles. The summed E-state index contributed by atoms with van der Waals surface area (Å²) in [6.07, 6.45) is 3.27. The highest BCUT2D eigenvalue weighted by molar-refractivity contribution is 7.89.